The lowest BCUT2D eigenvalue weighted by atomic mass is 10.2. The lowest BCUT2D eigenvalue weighted by Crippen LogP contribution is -2.04. The molecule has 0 fully saturated rings. The molecule has 146 valence electrons. The van der Waals surface area contributed by atoms with E-state index in [-0.39, 0.29) is 23.5 Å². The van der Waals surface area contributed by atoms with Gasteiger partial charge in [0.1, 0.15) is 17.2 Å². The number of benzene rings is 2. The molecule has 9 heteroatoms. The molecule has 0 aliphatic carbocycles. The summed E-state index contributed by atoms with van der Waals surface area (Å²) in [6.07, 6.45) is -4.43. The first kappa shape index (κ1) is 19.3. The Morgan fingerprint density at radius 1 is 0.714 bits per heavy atom. The van der Waals surface area contributed by atoms with Crippen LogP contribution in [0, 0.1) is 0 Å². The zero-order valence-electron chi connectivity index (χ0n) is 14.9. The molecule has 0 amide bonds. The van der Waals surface area contributed by atoms with Crippen molar-refractivity contribution >= 4 is 0 Å². The molecule has 0 radical (unpaired) electrons. The fourth-order valence-electron chi connectivity index (χ4n) is 2.20. The van der Waals surface area contributed by atoms with Gasteiger partial charge in [0.05, 0.1) is 25.8 Å². The molecule has 0 saturated heterocycles. The van der Waals surface area contributed by atoms with Gasteiger partial charge >= 0.3 is 12.2 Å². The Morgan fingerprint density at radius 2 is 1.36 bits per heavy atom. The number of nitrogens with zero attached hydrogens (tertiary/aromatic N) is 2. The molecule has 0 spiro atoms. The first-order valence-electron chi connectivity index (χ1n) is 7.97. The second-order valence-corrected chi connectivity index (χ2v) is 5.44. The molecule has 0 bridgehead atoms. The summed E-state index contributed by atoms with van der Waals surface area (Å²) in [5.41, 5.74) is -0.781. The summed E-state index contributed by atoms with van der Waals surface area (Å²) in [7, 11) is 2.87. The fourth-order valence-corrected chi connectivity index (χ4v) is 2.20. The topological polar surface area (TPSA) is 62.7 Å². The van der Waals surface area contributed by atoms with Crippen LogP contribution >= 0.6 is 0 Å². The molecule has 0 unspecified atom stereocenters. The van der Waals surface area contributed by atoms with Gasteiger partial charge < -0.3 is 18.9 Å². The predicted octanol–water partition coefficient (Wildman–Crippen LogP) is 5.10. The highest BCUT2D eigenvalue weighted by Crippen LogP contribution is 2.33. The van der Waals surface area contributed by atoms with Crippen LogP contribution in [0.3, 0.4) is 0 Å². The molecule has 28 heavy (non-hydrogen) atoms. The predicted molar refractivity (Wildman–Crippen MR) is 93.2 cm³/mol. The molecule has 0 aliphatic heterocycles. The Morgan fingerprint density at radius 3 is 1.96 bits per heavy atom. The summed E-state index contributed by atoms with van der Waals surface area (Å²) < 4.78 is 59.4. The smallest absolute Gasteiger partial charge is 0.416 e. The largest absolute Gasteiger partial charge is 0.481 e. The van der Waals surface area contributed by atoms with E-state index < -0.39 is 11.7 Å². The van der Waals surface area contributed by atoms with E-state index in [0.717, 1.165) is 12.1 Å². The standard InChI is InChI=1S/C19H15F3N2O4/c1-25-16-11-17(24-18(23-16)26-2)28-14-8-6-13(7-9-14)27-15-5-3-4-12(10-15)19(20,21)22/h3-11H,1-2H3. The third-order valence-electron chi connectivity index (χ3n) is 3.49. The van der Waals surface area contributed by atoms with Crippen molar-refractivity contribution in [1.29, 1.82) is 0 Å². The molecule has 0 atom stereocenters. The lowest BCUT2D eigenvalue weighted by molar-refractivity contribution is -0.137. The SMILES string of the molecule is COc1cc(Oc2ccc(Oc3cccc(C(F)(F)F)c3)cc2)nc(OC)n1. The van der Waals surface area contributed by atoms with Crippen LogP contribution in [0.25, 0.3) is 0 Å². The summed E-state index contributed by atoms with van der Waals surface area (Å²) in [6.45, 7) is 0. The molecule has 0 saturated carbocycles. The van der Waals surface area contributed by atoms with Crippen molar-refractivity contribution in [2.45, 2.75) is 6.18 Å². The van der Waals surface area contributed by atoms with Gasteiger partial charge in [-0.1, -0.05) is 6.07 Å². The van der Waals surface area contributed by atoms with Crippen molar-refractivity contribution in [3.05, 3.63) is 60.2 Å². The Labute approximate surface area is 158 Å². The van der Waals surface area contributed by atoms with Crippen LogP contribution in [0.15, 0.2) is 54.6 Å². The third kappa shape index (κ3) is 4.81. The first-order chi connectivity index (χ1) is 13.4. The molecular weight excluding hydrogens is 377 g/mol. The molecular formula is C19H15F3N2O4. The third-order valence-corrected chi connectivity index (χ3v) is 3.49. The van der Waals surface area contributed by atoms with Gasteiger partial charge in [-0.2, -0.15) is 23.1 Å². The molecule has 0 aliphatic rings. The second-order valence-electron chi connectivity index (χ2n) is 5.44. The minimum atomic E-state index is -4.43. The minimum absolute atomic E-state index is 0.0776. The molecule has 3 aromatic rings. The van der Waals surface area contributed by atoms with Gasteiger partial charge in [0, 0.05) is 0 Å². The highest BCUT2D eigenvalue weighted by Gasteiger charge is 2.30. The van der Waals surface area contributed by atoms with E-state index in [1.807, 2.05) is 0 Å². The number of ether oxygens (including phenoxy) is 4. The van der Waals surface area contributed by atoms with Crippen molar-refractivity contribution in [2.75, 3.05) is 14.2 Å². The number of alkyl halides is 3. The highest BCUT2D eigenvalue weighted by atomic mass is 19.4. The Hall–Kier alpha value is -3.49. The normalized spacial score (nSPS) is 11.0. The number of methoxy groups -OCH3 is 2. The molecule has 0 N–H and O–H groups in total. The van der Waals surface area contributed by atoms with Crippen LogP contribution in [-0.4, -0.2) is 24.2 Å². The maximum absolute atomic E-state index is 12.8. The van der Waals surface area contributed by atoms with Gasteiger partial charge in [0.2, 0.25) is 11.8 Å². The van der Waals surface area contributed by atoms with Crippen LogP contribution in [-0.2, 0) is 6.18 Å². The van der Waals surface area contributed by atoms with Gasteiger partial charge in [0.15, 0.2) is 0 Å². The zero-order valence-corrected chi connectivity index (χ0v) is 14.9. The Balaban J connectivity index is 1.72. The fraction of sp³-hybridized carbons (Fsp3) is 0.158. The molecule has 3 rings (SSSR count). The van der Waals surface area contributed by atoms with Crippen LogP contribution < -0.4 is 18.9 Å². The summed E-state index contributed by atoms with van der Waals surface area (Å²) in [5, 5.41) is 0. The summed E-state index contributed by atoms with van der Waals surface area (Å²) in [6, 6.07) is 12.5. The lowest BCUT2D eigenvalue weighted by Gasteiger charge is -2.11. The van der Waals surface area contributed by atoms with Gasteiger partial charge in [-0.3, -0.25) is 0 Å². The van der Waals surface area contributed by atoms with E-state index in [9.17, 15) is 13.2 Å². The zero-order chi connectivity index (χ0) is 20.1. The number of rotatable bonds is 6. The maximum atomic E-state index is 12.8. The van der Waals surface area contributed by atoms with E-state index in [1.54, 1.807) is 24.3 Å². The van der Waals surface area contributed by atoms with Crippen LogP contribution in [0.4, 0.5) is 13.2 Å². The van der Waals surface area contributed by atoms with Gasteiger partial charge in [-0.05, 0) is 42.5 Å². The van der Waals surface area contributed by atoms with E-state index >= 15 is 0 Å². The highest BCUT2D eigenvalue weighted by molar-refractivity contribution is 5.38. The summed E-state index contributed by atoms with van der Waals surface area (Å²) in [5.74, 6) is 1.33. The average Bonchev–Trinajstić information content (AvgIpc) is 2.68. The van der Waals surface area contributed by atoms with Crippen LogP contribution in [0.5, 0.6) is 35.0 Å². The number of aromatic nitrogens is 2. The maximum Gasteiger partial charge on any atom is 0.416 e. The molecule has 1 heterocycles. The van der Waals surface area contributed by atoms with Crippen molar-refractivity contribution in [1.82, 2.24) is 9.97 Å². The second kappa shape index (κ2) is 8.03. The molecule has 1 aromatic heterocycles. The monoisotopic (exact) mass is 392 g/mol. The Bertz CT molecular complexity index is 924. The number of hydrogen-bond acceptors (Lipinski definition) is 6. The molecule has 2 aromatic carbocycles. The number of hydrogen-bond donors (Lipinski definition) is 0. The first-order valence-corrected chi connectivity index (χ1v) is 7.97. The van der Waals surface area contributed by atoms with E-state index in [2.05, 4.69) is 9.97 Å². The van der Waals surface area contributed by atoms with Gasteiger partial charge in [-0.25, -0.2) is 0 Å². The quantitative estimate of drug-likeness (QED) is 0.582. The van der Waals surface area contributed by atoms with Crippen LogP contribution in [0.2, 0.25) is 0 Å². The Kier molecular flexibility index (Phi) is 5.53. The summed E-state index contributed by atoms with van der Waals surface area (Å²) >= 11 is 0. The molecule has 6 nitrogen and oxygen atoms in total. The van der Waals surface area contributed by atoms with E-state index in [4.69, 9.17) is 18.9 Å². The van der Waals surface area contributed by atoms with Gasteiger partial charge in [0.25, 0.3) is 0 Å². The number of halogens is 3. The minimum Gasteiger partial charge on any atom is -0.481 e. The summed E-state index contributed by atoms with van der Waals surface area (Å²) in [4.78, 5) is 8.01. The van der Waals surface area contributed by atoms with Crippen molar-refractivity contribution in [3.8, 4) is 35.0 Å². The van der Waals surface area contributed by atoms with E-state index in [0.29, 0.717) is 11.5 Å². The van der Waals surface area contributed by atoms with Crippen LogP contribution in [0.1, 0.15) is 5.56 Å². The van der Waals surface area contributed by atoms with Crippen molar-refractivity contribution < 1.29 is 32.1 Å². The van der Waals surface area contributed by atoms with E-state index in [1.165, 1.54) is 32.4 Å². The van der Waals surface area contributed by atoms with Crippen molar-refractivity contribution in [2.24, 2.45) is 0 Å². The van der Waals surface area contributed by atoms with Crippen molar-refractivity contribution in [3.63, 3.8) is 0 Å². The van der Waals surface area contributed by atoms with Gasteiger partial charge in [-0.15, -0.1) is 0 Å². The average molecular weight is 392 g/mol.